The smallest absolute Gasteiger partial charge is 0.200 e. The van der Waals surface area contributed by atoms with E-state index in [4.69, 9.17) is 0 Å². The van der Waals surface area contributed by atoms with Crippen molar-refractivity contribution in [1.82, 2.24) is 0 Å². The van der Waals surface area contributed by atoms with Crippen molar-refractivity contribution in [1.29, 1.82) is 0 Å². The van der Waals surface area contributed by atoms with Crippen molar-refractivity contribution in [3.05, 3.63) is 78.0 Å². The normalized spacial score (nSPS) is 26.9. The summed E-state index contributed by atoms with van der Waals surface area (Å²) < 4.78 is 11.4. The largest absolute Gasteiger partial charge is 0.212 e. The molecule has 0 amide bonds. The molecule has 28 heavy (non-hydrogen) atoms. The first-order valence-electron chi connectivity index (χ1n) is 11.2. The standard InChI is InChI=1S/C27H30N/c1-19-5-3-4-6-25(19)27-16-15-24(18-28(27)2)21-11-13-23(14-12-21)26-17-20-7-9-22(26)10-8-20/h3-6,11-16,18,20,22,26H,7-10,17H2,1-2H3/q+1/i26D. The molecular formula is C27H30N+. The highest BCUT2D eigenvalue weighted by atomic mass is 14.9. The maximum Gasteiger partial charge on any atom is 0.212 e. The van der Waals surface area contributed by atoms with Crippen LogP contribution in [0, 0.1) is 18.8 Å². The number of fused-ring (bicyclic) bond motifs is 3. The van der Waals surface area contributed by atoms with E-state index in [0.717, 1.165) is 12.3 Å². The second-order valence-electron chi connectivity index (χ2n) is 8.75. The van der Waals surface area contributed by atoms with E-state index in [9.17, 15) is 1.37 Å². The number of aromatic nitrogens is 1. The Bertz CT molecular complexity index is 1030. The van der Waals surface area contributed by atoms with Crippen molar-refractivity contribution in [2.45, 2.75) is 44.9 Å². The molecule has 6 rings (SSSR count). The van der Waals surface area contributed by atoms with E-state index >= 15 is 0 Å². The highest BCUT2D eigenvalue weighted by Crippen LogP contribution is 2.49. The van der Waals surface area contributed by atoms with Crippen LogP contribution in [0.5, 0.6) is 0 Å². The van der Waals surface area contributed by atoms with Crippen molar-refractivity contribution < 1.29 is 5.94 Å². The molecule has 0 aliphatic heterocycles. The van der Waals surface area contributed by atoms with Crippen LogP contribution in [-0.2, 0) is 7.05 Å². The van der Waals surface area contributed by atoms with E-state index in [1.165, 1.54) is 59.2 Å². The molecule has 1 nitrogen and oxygen atoms in total. The first kappa shape index (κ1) is 16.5. The third-order valence-electron chi connectivity index (χ3n) is 6.99. The molecule has 3 fully saturated rings. The van der Waals surface area contributed by atoms with Crippen molar-refractivity contribution in [3.8, 4) is 22.4 Å². The predicted molar refractivity (Wildman–Crippen MR) is 116 cm³/mol. The number of benzene rings is 2. The van der Waals surface area contributed by atoms with Crippen LogP contribution < -0.4 is 4.57 Å². The van der Waals surface area contributed by atoms with Gasteiger partial charge in [0.2, 0.25) is 5.69 Å². The predicted octanol–water partition coefficient (Wildman–Crippen LogP) is 6.45. The number of hydrogen-bond donors (Lipinski definition) is 0. The zero-order valence-corrected chi connectivity index (χ0v) is 17.0. The van der Waals surface area contributed by atoms with Gasteiger partial charge in [-0.15, -0.1) is 0 Å². The van der Waals surface area contributed by atoms with Crippen LogP contribution in [-0.4, -0.2) is 0 Å². The van der Waals surface area contributed by atoms with Gasteiger partial charge < -0.3 is 0 Å². The molecule has 3 aliphatic rings. The number of hydrogen-bond acceptors (Lipinski definition) is 0. The number of aryl methyl sites for hydroxylation is 2. The molecule has 1 atom stereocenters. The molecule has 1 aromatic heterocycles. The minimum atomic E-state index is -0.362. The third-order valence-corrected chi connectivity index (χ3v) is 6.99. The van der Waals surface area contributed by atoms with E-state index in [-0.39, 0.29) is 5.89 Å². The molecule has 1 unspecified atom stereocenters. The molecule has 3 aliphatic carbocycles. The fourth-order valence-electron chi connectivity index (χ4n) is 5.34. The Morgan fingerprint density at radius 2 is 1.57 bits per heavy atom. The Hall–Kier alpha value is -2.41. The van der Waals surface area contributed by atoms with Crippen molar-refractivity contribution in [2.24, 2.45) is 18.9 Å². The molecule has 2 aromatic carbocycles. The van der Waals surface area contributed by atoms with Gasteiger partial charge in [-0.3, -0.25) is 0 Å². The molecule has 1 heterocycles. The van der Waals surface area contributed by atoms with Crippen molar-refractivity contribution in [2.75, 3.05) is 0 Å². The van der Waals surface area contributed by atoms with Crippen LogP contribution in [0.4, 0.5) is 0 Å². The first-order chi connectivity index (χ1) is 14.0. The van der Waals surface area contributed by atoms with Gasteiger partial charge in [-0.05, 0) is 72.7 Å². The minimum Gasteiger partial charge on any atom is -0.200 e. The van der Waals surface area contributed by atoms with Gasteiger partial charge in [0.05, 0.1) is 0 Å². The van der Waals surface area contributed by atoms with Crippen LogP contribution in [0.2, 0.25) is 0 Å². The van der Waals surface area contributed by atoms with Crippen LogP contribution in [0.15, 0.2) is 66.9 Å². The molecular weight excluding hydrogens is 338 g/mol. The molecule has 0 N–H and O–H groups in total. The average Bonchev–Trinajstić information content (AvgIpc) is 2.75. The Morgan fingerprint density at radius 1 is 0.857 bits per heavy atom. The highest BCUT2D eigenvalue weighted by Gasteiger charge is 2.36. The van der Waals surface area contributed by atoms with E-state index < -0.39 is 0 Å². The zero-order chi connectivity index (χ0) is 20.0. The summed E-state index contributed by atoms with van der Waals surface area (Å²) in [5.74, 6) is 0.953. The quantitative estimate of drug-likeness (QED) is 0.467. The Balaban J connectivity index is 1.44. The van der Waals surface area contributed by atoms with Crippen molar-refractivity contribution >= 4 is 0 Å². The minimum absolute atomic E-state index is 0.362. The Kier molecular flexibility index (Phi) is 4.25. The second-order valence-corrected chi connectivity index (χ2v) is 8.75. The molecule has 3 saturated carbocycles. The fraction of sp³-hybridized carbons (Fsp3) is 0.370. The fourth-order valence-corrected chi connectivity index (χ4v) is 5.34. The van der Waals surface area contributed by atoms with Gasteiger partial charge in [-0.25, -0.2) is 4.57 Å². The van der Waals surface area contributed by atoms with Gasteiger partial charge in [0.1, 0.15) is 7.05 Å². The summed E-state index contributed by atoms with van der Waals surface area (Å²) >= 11 is 0. The Morgan fingerprint density at radius 3 is 2.21 bits per heavy atom. The maximum absolute atomic E-state index is 9.20. The van der Waals surface area contributed by atoms with E-state index in [0.29, 0.717) is 5.92 Å². The molecule has 1 heteroatoms. The summed E-state index contributed by atoms with van der Waals surface area (Å²) in [4.78, 5) is 0. The summed E-state index contributed by atoms with van der Waals surface area (Å²) in [5, 5.41) is 0. The Labute approximate surface area is 170 Å². The summed E-state index contributed by atoms with van der Waals surface area (Å²) in [7, 11) is 2.12. The topological polar surface area (TPSA) is 3.88 Å². The SMILES string of the molecule is [2H]C1(c2ccc(-c3ccc(-c4ccccc4C)[n+](C)c3)cc2)CC2CCC1CC2. The van der Waals surface area contributed by atoms with E-state index in [1.54, 1.807) is 0 Å². The average molecular weight is 370 g/mol. The van der Waals surface area contributed by atoms with Crippen molar-refractivity contribution in [3.63, 3.8) is 0 Å². The van der Waals surface area contributed by atoms with Gasteiger partial charge in [0, 0.05) is 18.6 Å². The van der Waals surface area contributed by atoms with Crippen LogP contribution in [0.3, 0.4) is 0 Å². The highest BCUT2D eigenvalue weighted by molar-refractivity contribution is 5.66. The molecule has 0 saturated heterocycles. The van der Waals surface area contributed by atoms with Crippen LogP contribution >= 0.6 is 0 Å². The maximum atomic E-state index is 9.20. The number of rotatable bonds is 3. The number of pyridine rings is 1. The summed E-state index contributed by atoms with van der Waals surface area (Å²) in [6.07, 6.45) is 8.44. The second kappa shape index (κ2) is 7.20. The van der Waals surface area contributed by atoms with Crippen LogP contribution in [0.1, 0.15) is 50.5 Å². The molecule has 3 aromatic rings. The van der Waals surface area contributed by atoms with Gasteiger partial charge in [-0.1, -0.05) is 55.3 Å². The van der Waals surface area contributed by atoms with Gasteiger partial charge in [0.15, 0.2) is 6.20 Å². The molecule has 142 valence electrons. The molecule has 0 spiro atoms. The lowest BCUT2D eigenvalue weighted by Crippen LogP contribution is -2.30. The molecule has 2 bridgehead atoms. The first-order valence-corrected chi connectivity index (χ1v) is 10.7. The summed E-state index contributed by atoms with van der Waals surface area (Å²) in [6, 6.07) is 21.9. The van der Waals surface area contributed by atoms with Gasteiger partial charge in [-0.2, -0.15) is 0 Å². The lowest BCUT2D eigenvalue weighted by atomic mass is 9.63. The third kappa shape index (κ3) is 3.17. The lowest BCUT2D eigenvalue weighted by molar-refractivity contribution is -0.659. The van der Waals surface area contributed by atoms with Crippen LogP contribution in [0.25, 0.3) is 22.4 Å². The summed E-state index contributed by atoms with van der Waals surface area (Å²) in [5.41, 5.74) is 7.47. The summed E-state index contributed by atoms with van der Waals surface area (Å²) in [6.45, 7) is 2.16. The zero-order valence-electron chi connectivity index (χ0n) is 18.0. The lowest BCUT2D eigenvalue weighted by Gasteiger charge is -2.42. The number of nitrogens with zero attached hydrogens (tertiary/aromatic N) is 1. The van der Waals surface area contributed by atoms with Gasteiger partial charge >= 0.3 is 0 Å². The van der Waals surface area contributed by atoms with E-state index in [2.05, 4.69) is 85.4 Å². The monoisotopic (exact) mass is 369 g/mol. The van der Waals surface area contributed by atoms with E-state index in [1.807, 2.05) is 0 Å². The van der Waals surface area contributed by atoms with Gasteiger partial charge in [0.25, 0.3) is 0 Å². The molecule has 0 radical (unpaired) electrons.